The molecule has 3 heterocycles. The predicted octanol–water partition coefficient (Wildman–Crippen LogP) is 5.99. The Morgan fingerprint density at radius 1 is 1.08 bits per heavy atom. The number of anilines is 1. The second-order valence-corrected chi connectivity index (χ2v) is 11.2. The van der Waals surface area contributed by atoms with E-state index in [9.17, 15) is 18.0 Å². The molecule has 0 bridgehead atoms. The average Bonchev–Trinajstić information content (AvgIpc) is 3.25. The molecule has 1 aromatic heterocycles. The number of nitrogens with one attached hydrogen (secondary N) is 1. The second-order valence-electron chi connectivity index (χ2n) is 11.2. The van der Waals surface area contributed by atoms with Gasteiger partial charge in [0.25, 0.3) is 5.91 Å². The van der Waals surface area contributed by atoms with Gasteiger partial charge < -0.3 is 19.5 Å². The van der Waals surface area contributed by atoms with Crippen molar-refractivity contribution in [3.05, 3.63) is 76.9 Å². The first-order valence-corrected chi connectivity index (χ1v) is 13.8. The van der Waals surface area contributed by atoms with E-state index in [1.54, 1.807) is 12.1 Å². The number of hydrogen-bond acceptors (Lipinski definition) is 4. The van der Waals surface area contributed by atoms with Gasteiger partial charge in [0.05, 0.1) is 5.69 Å². The summed E-state index contributed by atoms with van der Waals surface area (Å²) in [5.74, 6) is 1.31. The summed E-state index contributed by atoms with van der Waals surface area (Å²) in [6.45, 7) is 5.24. The molecule has 0 unspecified atom stereocenters. The Bertz CT molecular complexity index is 1330. The zero-order valence-corrected chi connectivity index (χ0v) is 22.1. The molecule has 6 rings (SSSR count). The summed E-state index contributed by atoms with van der Waals surface area (Å²) >= 11 is 0. The van der Waals surface area contributed by atoms with Crippen molar-refractivity contribution in [1.29, 1.82) is 0 Å². The first-order valence-electron chi connectivity index (χ1n) is 13.8. The summed E-state index contributed by atoms with van der Waals surface area (Å²) < 4.78 is 43.2. The van der Waals surface area contributed by atoms with Gasteiger partial charge in [0.2, 0.25) is 0 Å². The van der Waals surface area contributed by atoms with Crippen LogP contribution >= 0.6 is 0 Å². The largest absolute Gasteiger partial charge is 0.573 e. The van der Waals surface area contributed by atoms with Crippen LogP contribution in [0.25, 0.3) is 0 Å². The van der Waals surface area contributed by atoms with E-state index in [4.69, 9.17) is 4.98 Å². The van der Waals surface area contributed by atoms with Gasteiger partial charge in [0.15, 0.2) is 0 Å². The number of fused-ring (bicyclic) bond motifs is 1. The Balaban J connectivity index is 0.989. The van der Waals surface area contributed by atoms with Crippen molar-refractivity contribution in [3.63, 3.8) is 0 Å². The van der Waals surface area contributed by atoms with Gasteiger partial charge in [0, 0.05) is 43.7 Å². The SMILES string of the molecule is CCc1nc2n(c1C(=O)NCc1ccc(C3CC4(C3)CN(c3ccc(OC(F)(F)F)cc3)C4)cc1)CCCC2. The minimum absolute atomic E-state index is 0.0467. The number of ether oxygens (including phenoxy) is 1. The van der Waals surface area contributed by atoms with Gasteiger partial charge in [-0.3, -0.25) is 4.79 Å². The van der Waals surface area contributed by atoms with Crippen LogP contribution in [0, 0.1) is 5.41 Å². The normalized spacial score (nSPS) is 18.3. The number of carbonyl (C=O) groups is 1. The van der Waals surface area contributed by atoms with E-state index < -0.39 is 6.36 Å². The van der Waals surface area contributed by atoms with Gasteiger partial charge in [-0.1, -0.05) is 31.2 Å². The maximum Gasteiger partial charge on any atom is 0.573 e. The molecule has 9 heteroatoms. The number of carbonyl (C=O) groups excluding carboxylic acids is 1. The number of aryl methyl sites for hydroxylation is 2. The molecule has 0 radical (unpaired) electrons. The topological polar surface area (TPSA) is 59.4 Å². The van der Waals surface area contributed by atoms with Gasteiger partial charge in [0.1, 0.15) is 17.3 Å². The van der Waals surface area contributed by atoms with Crippen LogP contribution in [0.2, 0.25) is 0 Å². The zero-order valence-electron chi connectivity index (χ0n) is 22.1. The van der Waals surface area contributed by atoms with E-state index in [1.165, 1.54) is 17.7 Å². The first kappa shape index (κ1) is 25.8. The lowest BCUT2D eigenvalue weighted by molar-refractivity contribution is -0.274. The fourth-order valence-electron chi connectivity index (χ4n) is 6.50. The lowest BCUT2D eigenvalue weighted by Gasteiger charge is -2.60. The Hall–Kier alpha value is -3.49. The van der Waals surface area contributed by atoms with Crippen LogP contribution in [-0.2, 0) is 25.9 Å². The average molecular weight is 539 g/mol. The molecule has 3 aromatic rings. The van der Waals surface area contributed by atoms with E-state index in [-0.39, 0.29) is 11.7 Å². The summed E-state index contributed by atoms with van der Waals surface area (Å²) in [7, 11) is 0. The third-order valence-corrected chi connectivity index (χ3v) is 8.45. The van der Waals surface area contributed by atoms with Crippen molar-refractivity contribution in [3.8, 4) is 5.75 Å². The number of imidazole rings is 1. The Kier molecular flexibility index (Phi) is 6.55. The van der Waals surface area contributed by atoms with Crippen molar-refractivity contribution in [2.45, 2.75) is 70.8 Å². The monoisotopic (exact) mass is 538 g/mol. The van der Waals surface area contributed by atoms with Crippen molar-refractivity contribution in [1.82, 2.24) is 14.9 Å². The Labute approximate surface area is 226 Å². The van der Waals surface area contributed by atoms with E-state index in [2.05, 4.69) is 43.8 Å². The van der Waals surface area contributed by atoms with Crippen molar-refractivity contribution in [2.75, 3.05) is 18.0 Å². The summed E-state index contributed by atoms with van der Waals surface area (Å²) in [6, 6.07) is 14.7. The van der Waals surface area contributed by atoms with E-state index >= 15 is 0 Å². The van der Waals surface area contributed by atoms with Gasteiger partial charge in [-0.05, 0) is 73.4 Å². The number of nitrogens with zero attached hydrogens (tertiary/aromatic N) is 3. The molecule has 6 nitrogen and oxygen atoms in total. The smallest absolute Gasteiger partial charge is 0.406 e. The standard InChI is InChI=1S/C30H33F3N4O2/c1-2-25-27(37-14-4-3-5-26(37)35-25)28(38)34-17-20-6-8-21(9-7-20)22-15-29(16-22)18-36(19-29)23-10-12-24(13-11-23)39-30(31,32)33/h6-13,22H,2-5,14-19H2,1H3,(H,34,38). The molecule has 1 saturated heterocycles. The van der Waals surface area contributed by atoms with Crippen LogP contribution in [0.1, 0.15) is 71.7 Å². The van der Waals surface area contributed by atoms with Crippen LogP contribution in [0.15, 0.2) is 48.5 Å². The number of hydrogen-bond donors (Lipinski definition) is 1. The molecule has 1 amide bonds. The fraction of sp³-hybridized carbons (Fsp3) is 0.467. The fourth-order valence-corrected chi connectivity index (χ4v) is 6.50. The molecule has 3 aliphatic rings. The predicted molar refractivity (Wildman–Crippen MR) is 142 cm³/mol. The van der Waals surface area contributed by atoms with Gasteiger partial charge in [-0.25, -0.2) is 4.98 Å². The van der Waals surface area contributed by atoms with Gasteiger partial charge >= 0.3 is 6.36 Å². The summed E-state index contributed by atoms with van der Waals surface area (Å²) in [4.78, 5) is 20.0. The highest BCUT2D eigenvalue weighted by atomic mass is 19.4. The molecular weight excluding hydrogens is 505 g/mol. The maximum absolute atomic E-state index is 13.0. The summed E-state index contributed by atoms with van der Waals surface area (Å²) in [5, 5.41) is 3.10. The second kappa shape index (κ2) is 9.92. The molecule has 2 fully saturated rings. The number of benzene rings is 2. The first-order chi connectivity index (χ1) is 18.7. The third-order valence-electron chi connectivity index (χ3n) is 8.45. The number of amides is 1. The third kappa shape index (κ3) is 5.23. The van der Waals surface area contributed by atoms with Crippen molar-refractivity contribution >= 4 is 11.6 Å². The van der Waals surface area contributed by atoms with E-state index in [0.29, 0.717) is 17.9 Å². The quantitative estimate of drug-likeness (QED) is 0.401. The van der Waals surface area contributed by atoms with Crippen LogP contribution in [0.4, 0.5) is 18.9 Å². The zero-order chi connectivity index (χ0) is 27.2. The van der Waals surface area contributed by atoms with Crippen LogP contribution in [0.3, 0.4) is 0 Å². The lowest BCUT2D eigenvalue weighted by atomic mass is 9.56. The number of halogens is 3. The van der Waals surface area contributed by atoms with Crippen molar-refractivity contribution < 1.29 is 22.7 Å². The Morgan fingerprint density at radius 2 is 1.79 bits per heavy atom. The summed E-state index contributed by atoms with van der Waals surface area (Å²) in [5.41, 5.74) is 5.22. The lowest BCUT2D eigenvalue weighted by Crippen LogP contribution is -2.61. The van der Waals surface area contributed by atoms with Crippen molar-refractivity contribution in [2.24, 2.45) is 5.41 Å². The molecule has 206 valence electrons. The van der Waals surface area contributed by atoms with Gasteiger partial charge in [-0.15, -0.1) is 13.2 Å². The molecule has 0 atom stereocenters. The molecule has 1 saturated carbocycles. The molecule has 2 aromatic carbocycles. The molecule has 39 heavy (non-hydrogen) atoms. The molecule has 1 spiro atoms. The van der Waals surface area contributed by atoms with E-state index in [1.807, 2.05) is 6.92 Å². The van der Waals surface area contributed by atoms with Crippen LogP contribution < -0.4 is 15.0 Å². The van der Waals surface area contributed by atoms with Gasteiger partial charge in [-0.2, -0.15) is 0 Å². The minimum atomic E-state index is -4.67. The highest BCUT2D eigenvalue weighted by Crippen LogP contribution is 2.56. The minimum Gasteiger partial charge on any atom is -0.406 e. The summed E-state index contributed by atoms with van der Waals surface area (Å²) in [6.07, 6.45) is 1.46. The highest BCUT2D eigenvalue weighted by molar-refractivity contribution is 5.94. The van der Waals surface area contributed by atoms with E-state index in [0.717, 1.165) is 86.6 Å². The van der Waals surface area contributed by atoms with Crippen LogP contribution in [-0.4, -0.2) is 34.9 Å². The molecule has 2 aliphatic heterocycles. The number of alkyl halides is 3. The maximum atomic E-state index is 13.0. The Morgan fingerprint density at radius 3 is 2.46 bits per heavy atom. The van der Waals surface area contributed by atoms with Crippen LogP contribution in [0.5, 0.6) is 5.75 Å². The molecule has 1 N–H and O–H groups in total. The molecular formula is C30H33F3N4O2. The number of aromatic nitrogens is 2. The highest BCUT2D eigenvalue weighted by Gasteiger charge is 2.52. The number of rotatable bonds is 7. The molecule has 1 aliphatic carbocycles.